The van der Waals surface area contributed by atoms with Crippen molar-refractivity contribution in [3.63, 3.8) is 0 Å². The largest absolute Gasteiger partial charge is 0.318 e. The topological polar surface area (TPSA) is 78.8 Å². The second kappa shape index (κ2) is 5.98. The second-order valence-corrected chi connectivity index (χ2v) is 5.37. The summed E-state index contributed by atoms with van der Waals surface area (Å²) in [7, 11) is 4.02. The van der Waals surface area contributed by atoms with Crippen LogP contribution in [0.15, 0.2) is 36.7 Å². The van der Waals surface area contributed by atoms with Crippen LogP contribution >= 0.6 is 0 Å². The Balaban J connectivity index is 1.72. The average molecular weight is 298 g/mol. The van der Waals surface area contributed by atoms with E-state index < -0.39 is 0 Å². The number of aromatic amines is 1. The monoisotopic (exact) mass is 298 g/mol. The van der Waals surface area contributed by atoms with E-state index in [0.29, 0.717) is 11.4 Å². The minimum absolute atomic E-state index is 0.246. The molecule has 0 saturated heterocycles. The normalized spacial score (nSPS) is 11.2. The molecule has 22 heavy (non-hydrogen) atoms. The number of carbonyl (C=O) groups excluding carboxylic acids is 1. The van der Waals surface area contributed by atoms with Crippen molar-refractivity contribution in [3.05, 3.63) is 42.4 Å². The third-order valence-corrected chi connectivity index (χ3v) is 3.35. The standard InChI is InChI=1S/C15H18N6O/c1-20(2)7-8-21-10-11(9-16-21)17-15(22)14-12-5-3-4-6-13(12)18-19-14/h3-6,9-10H,7-8H2,1-2H3,(H,17,22)(H,18,19). The Morgan fingerprint density at radius 2 is 2.18 bits per heavy atom. The van der Waals surface area contributed by atoms with Crippen molar-refractivity contribution >= 4 is 22.5 Å². The molecule has 0 aliphatic rings. The van der Waals surface area contributed by atoms with Gasteiger partial charge in [0.1, 0.15) is 0 Å². The number of amides is 1. The number of para-hydroxylation sites is 1. The van der Waals surface area contributed by atoms with E-state index in [1.165, 1.54) is 0 Å². The van der Waals surface area contributed by atoms with Crippen LogP contribution < -0.4 is 5.32 Å². The number of hydrogen-bond acceptors (Lipinski definition) is 4. The molecule has 7 nitrogen and oxygen atoms in total. The van der Waals surface area contributed by atoms with E-state index in [2.05, 4.69) is 25.5 Å². The van der Waals surface area contributed by atoms with E-state index in [4.69, 9.17) is 0 Å². The third kappa shape index (κ3) is 2.99. The van der Waals surface area contributed by atoms with Crippen LogP contribution in [0.1, 0.15) is 10.5 Å². The summed E-state index contributed by atoms with van der Waals surface area (Å²) < 4.78 is 1.80. The summed E-state index contributed by atoms with van der Waals surface area (Å²) in [5.41, 5.74) is 1.89. The van der Waals surface area contributed by atoms with Crippen LogP contribution in [0.2, 0.25) is 0 Å². The predicted molar refractivity (Wildman–Crippen MR) is 84.8 cm³/mol. The maximum absolute atomic E-state index is 12.3. The molecule has 0 aliphatic heterocycles. The first-order valence-electron chi connectivity index (χ1n) is 7.05. The quantitative estimate of drug-likeness (QED) is 0.749. The van der Waals surface area contributed by atoms with E-state index in [9.17, 15) is 4.79 Å². The highest BCUT2D eigenvalue weighted by atomic mass is 16.2. The number of nitrogens with one attached hydrogen (secondary N) is 2. The highest BCUT2D eigenvalue weighted by Crippen LogP contribution is 2.16. The van der Waals surface area contributed by atoms with Gasteiger partial charge in [-0.1, -0.05) is 18.2 Å². The number of carbonyl (C=O) groups is 1. The molecule has 0 fully saturated rings. The van der Waals surface area contributed by atoms with Crippen LogP contribution in [0.5, 0.6) is 0 Å². The van der Waals surface area contributed by atoms with Gasteiger partial charge in [-0.05, 0) is 20.2 Å². The zero-order valence-electron chi connectivity index (χ0n) is 12.6. The van der Waals surface area contributed by atoms with E-state index in [-0.39, 0.29) is 5.91 Å². The zero-order chi connectivity index (χ0) is 15.5. The first-order valence-corrected chi connectivity index (χ1v) is 7.05. The molecular weight excluding hydrogens is 280 g/mol. The molecule has 0 saturated carbocycles. The fourth-order valence-corrected chi connectivity index (χ4v) is 2.18. The van der Waals surface area contributed by atoms with Crippen LogP contribution in [-0.2, 0) is 6.54 Å². The Morgan fingerprint density at radius 1 is 1.36 bits per heavy atom. The lowest BCUT2D eigenvalue weighted by molar-refractivity contribution is 0.102. The molecule has 0 aliphatic carbocycles. The van der Waals surface area contributed by atoms with Crippen molar-refractivity contribution < 1.29 is 4.79 Å². The van der Waals surface area contributed by atoms with Gasteiger partial charge in [0.2, 0.25) is 0 Å². The predicted octanol–water partition coefficient (Wildman–Crippen LogP) is 1.57. The van der Waals surface area contributed by atoms with Crippen molar-refractivity contribution in [3.8, 4) is 0 Å². The summed E-state index contributed by atoms with van der Waals surface area (Å²) in [6.45, 7) is 1.66. The maximum atomic E-state index is 12.3. The smallest absolute Gasteiger partial charge is 0.276 e. The highest BCUT2D eigenvalue weighted by molar-refractivity contribution is 6.10. The number of fused-ring (bicyclic) bond motifs is 1. The summed E-state index contributed by atoms with van der Waals surface area (Å²) in [5, 5.41) is 14.8. The summed E-state index contributed by atoms with van der Waals surface area (Å²) in [6.07, 6.45) is 3.46. The molecule has 3 rings (SSSR count). The van der Waals surface area contributed by atoms with Gasteiger partial charge >= 0.3 is 0 Å². The van der Waals surface area contributed by atoms with Gasteiger partial charge in [0.25, 0.3) is 5.91 Å². The molecule has 114 valence electrons. The van der Waals surface area contributed by atoms with E-state index in [1.54, 1.807) is 10.9 Å². The molecule has 0 radical (unpaired) electrons. The summed E-state index contributed by atoms with van der Waals surface area (Å²) in [4.78, 5) is 14.4. The van der Waals surface area contributed by atoms with Gasteiger partial charge in [-0.3, -0.25) is 14.6 Å². The third-order valence-electron chi connectivity index (χ3n) is 3.35. The Kier molecular flexibility index (Phi) is 3.88. The lowest BCUT2D eigenvalue weighted by Gasteiger charge is -2.08. The average Bonchev–Trinajstić information content (AvgIpc) is 3.11. The number of aromatic nitrogens is 4. The minimum atomic E-state index is -0.246. The number of rotatable bonds is 5. The molecule has 2 N–H and O–H groups in total. The Labute approximate surface area is 127 Å². The number of likely N-dealkylation sites (N-methyl/N-ethyl adjacent to an activating group) is 1. The lowest BCUT2D eigenvalue weighted by Crippen LogP contribution is -2.18. The molecule has 1 amide bonds. The number of benzene rings is 1. The van der Waals surface area contributed by atoms with Gasteiger partial charge in [0.05, 0.1) is 23.9 Å². The lowest BCUT2D eigenvalue weighted by atomic mass is 10.2. The molecule has 2 aromatic heterocycles. The molecule has 7 heteroatoms. The highest BCUT2D eigenvalue weighted by Gasteiger charge is 2.14. The van der Waals surface area contributed by atoms with Crippen LogP contribution in [0.3, 0.4) is 0 Å². The van der Waals surface area contributed by atoms with Crippen LogP contribution in [-0.4, -0.2) is 51.4 Å². The first-order chi connectivity index (χ1) is 10.6. The van der Waals surface area contributed by atoms with Gasteiger partial charge in [0, 0.05) is 18.1 Å². The molecule has 2 heterocycles. The fraction of sp³-hybridized carbons (Fsp3) is 0.267. The first kappa shape index (κ1) is 14.3. The van der Waals surface area contributed by atoms with Crippen LogP contribution in [0.25, 0.3) is 10.9 Å². The Hall–Kier alpha value is -2.67. The summed E-state index contributed by atoms with van der Waals surface area (Å²) >= 11 is 0. The van der Waals surface area contributed by atoms with Crippen molar-refractivity contribution in [1.29, 1.82) is 0 Å². The van der Waals surface area contributed by atoms with Crippen LogP contribution in [0.4, 0.5) is 5.69 Å². The second-order valence-electron chi connectivity index (χ2n) is 5.37. The molecule has 0 unspecified atom stereocenters. The number of anilines is 1. The SMILES string of the molecule is CN(C)CCn1cc(NC(=O)c2n[nH]c3ccccc23)cn1. The number of hydrogen-bond donors (Lipinski definition) is 2. The van der Waals surface area contributed by atoms with Gasteiger partial charge in [-0.2, -0.15) is 10.2 Å². The molecule has 0 atom stereocenters. The minimum Gasteiger partial charge on any atom is -0.318 e. The molecule has 3 aromatic rings. The van der Waals surface area contributed by atoms with Crippen molar-refractivity contribution in [2.75, 3.05) is 26.0 Å². The maximum Gasteiger partial charge on any atom is 0.276 e. The van der Waals surface area contributed by atoms with Crippen molar-refractivity contribution in [1.82, 2.24) is 24.9 Å². The summed E-state index contributed by atoms with van der Waals surface area (Å²) in [6, 6.07) is 7.54. The van der Waals surface area contributed by atoms with Gasteiger partial charge in [-0.15, -0.1) is 0 Å². The van der Waals surface area contributed by atoms with Crippen molar-refractivity contribution in [2.45, 2.75) is 6.54 Å². The zero-order valence-corrected chi connectivity index (χ0v) is 12.6. The van der Waals surface area contributed by atoms with E-state index >= 15 is 0 Å². The number of H-pyrrole nitrogens is 1. The van der Waals surface area contributed by atoms with Gasteiger partial charge in [-0.25, -0.2) is 0 Å². The molecule has 0 bridgehead atoms. The number of nitrogens with zero attached hydrogens (tertiary/aromatic N) is 4. The molecular formula is C15H18N6O. The van der Waals surface area contributed by atoms with E-state index in [1.807, 2.05) is 44.6 Å². The van der Waals surface area contributed by atoms with E-state index in [0.717, 1.165) is 24.0 Å². The van der Waals surface area contributed by atoms with Crippen molar-refractivity contribution in [2.24, 2.45) is 0 Å². The summed E-state index contributed by atoms with van der Waals surface area (Å²) in [5.74, 6) is -0.246. The Morgan fingerprint density at radius 3 is 3.00 bits per heavy atom. The molecule has 0 spiro atoms. The van der Waals surface area contributed by atoms with Crippen LogP contribution in [0, 0.1) is 0 Å². The fourth-order valence-electron chi connectivity index (χ4n) is 2.18. The van der Waals surface area contributed by atoms with Gasteiger partial charge < -0.3 is 10.2 Å². The Bertz CT molecular complexity index is 788. The molecule has 1 aromatic carbocycles. The van der Waals surface area contributed by atoms with Gasteiger partial charge in [0.15, 0.2) is 5.69 Å².